The van der Waals surface area contributed by atoms with Gasteiger partial charge in [-0.25, -0.2) is 0 Å². The zero-order chi connectivity index (χ0) is 10.3. The van der Waals surface area contributed by atoms with Crippen LogP contribution in [0.1, 0.15) is 11.3 Å². The van der Waals surface area contributed by atoms with Crippen LogP contribution < -0.4 is 5.73 Å². The van der Waals surface area contributed by atoms with Crippen molar-refractivity contribution in [2.45, 2.75) is 13.5 Å². The SMILES string of the molecule is Cc1c(CN)oc2c(Cl)cc(Br)cc12. The Labute approximate surface area is 95.1 Å². The van der Waals surface area contributed by atoms with Crippen LogP contribution >= 0.6 is 27.5 Å². The molecule has 4 heteroatoms. The molecule has 0 atom stereocenters. The molecule has 0 aliphatic heterocycles. The highest BCUT2D eigenvalue weighted by Crippen LogP contribution is 2.33. The van der Waals surface area contributed by atoms with E-state index in [4.69, 9.17) is 21.8 Å². The first kappa shape index (κ1) is 10.0. The summed E-state index contributed by atoms with van der Waals surface area (Å²) in [6.45, 7) is 2.38. The van der Waals surface area contributed by atoms with Crippen molar-refractivity contribution in [1.29, 1.82) is 0 Å². The Hall–Kier alpha value is -0.510. The van der Waals surface area contributed by atoms with Gasteiger partial charge in [0.05, 0.1) is 11.6 Å². The van der Waals surface area contributed by atoms with Crippen molar-refractivity contribution in [2.24, 2.45) is 5.73 Å². The van der Waals surface area contributed by atoms with Crippen molar-refractivity contribution >= 4 is 38.5 Å². The lowest BCUT2D eigenvalue weighted by Crippen LogP contribution is -1.95. The van der Waals surface area contributed by atoms with Crippen molar-refractivity contribution in [1.82, 2.24) is 0 Å². The fourth-order valence-corrected chi connectivity index (χ4v) is 2.33. The molecule has 0 bridgehead atoms. The molecule has 0 saturated heterocycles. The topological polar surface area (TPSA) is 39.2 Å². The molecule has 0 saturated carbocycles. The summed E-state index contributed by atoms with van der Waals surface area (Å²) >= 11 is 9.43. The second-order valence-electron chi connectivity index (χ2n) is 3.12. The number of aryl methyl sites for hydroxylation is 1. The summed E-state index contributed by atoms with van der Waals surface area (Å²) in [6, 6.07) is 3.80. The first-order valence-corrected chi connectivity index (χ1v) is 5.37. The van der Waals surface area contributed by atoms with E-state index >= 15 is 0 Å². The Morgan fingerprint density at radius 1 is 1.50 bits per heavy atom. The first-order chi connectivity index (χ1) is 6.63. The van der Waals surface area contributed by atoms with Gasteiger partial charge in [-0.2, -0.15) is 0 Å². The Morgan fingerprint density at radius 2 is 2.21 bits per heavy atom. The summed E-state index contributed by atoms with van der Waals surface area (Å²) in [5.74, 6) is 0.792. The Balaban J connectivity index is 2.85. The van der Waals surface area contributed by atoms with Crippen molar-refractivity contribution in [2.75, 3.05) is 0 Å². The number of halogens is 2. The van der Waals surface area contributed by atoms with E-state index in [0.717, 1.165) is 21.2 Å². The highest BCUT2D eigenvalue weighted by atomic mass is 79.9. The maximum absolute atomic E-state index is 6.04. The highest BCUT2D eigenvalue weighted by molar-refractivity contribution is 9.10. The van der Waals surface area contributed by atoms with Crippen molar-refractivity contribution in [3.8, 4) is 0 Å². The first-order valence-electron chi connectivity index (χ1n) is 4.20. The lowest BCUT2D eigenvalue weighted by Gasteiger charge is -1.94. The number of hydrogen-bond acceptors (Lipinski definition) is 2. The van der Waals surface area contributed by atoms with Gasteiger partial charge in [-0.1, -0.05) is 27.5 Å². The molecule has 2 N–H and O–H groups in total. The van der Waals surface area contributed by atoms with E-state index in [9.17, 15) is 0 Å². The Morgan fingerprint density at radius 3 is 2.86 bits per heavy atom. The minimum atomic E-state index is 0.397. The van der Waals surface area contributed by atoms with Crippen LogP contribution in [-0.2, 0) is 6.54 Å². The molecule has 2 rings (SSSR count). The smallest absolute Gasteiger partial charge is 0.153 e. The quantitative estimate of drug-likeness (QED) is 0.863. The second kappa shape index (κ2) is 3.57. The summed E-state index contributed by atoms with van der Waals surface area (Å²) in [7, 11) is 0. The van der Waals surface area contributed by atoms with Crippen LogP contribution in [0.2, 0.25) is 5.02 Å². The Kier molecular flexibility index (Phi) is 2.56. The molecule has 2 aromatic rings. The van der Waals surface area contributed by atoms with Crippen LogP contribution in [0.15, 0.2) is 21.0 Å². The summed E-state index contributed by atoms with van der Waals surface area (Å²) in [5, 5.41) is 1.63. The summed E-state index contributed by atoms with van der Waals surface area (Å²) in [6.07, 6.45) is 0. The predicted molar refractivity (Wildman–Crippen MR) is 61.6 cm³/mol. The molecule has 0 aliphatic rings. The fraction of sp³-hybridized carbons (Fsp3) is 0.200. The van der Waals surface area contributed by atoms with E-state index in [0.29, 0.717) is 17.2 Å². The standard InChI is InChI=1S/C10H9BrClNO/c1-5-7-2-6(11)3-8(12)10(7)14-9(5)4-13/h2-3H,4,13H2,1H3. The number of hydrogen-bond donors (Lipinski definition) is 1. The van der Waals surface area contributed by atoms with Gasteiger partial charge in [0.1, 0.15) is 5.76 Å². The van der Waals surface area contributed by atoms with Crippen molar-refractivity contribution in [3.05, 3.63) is 33.0 Å². The normalized spacial score (nSPS) is 11.1. The third-order valence-corrected chi connectivity index (χ3v) is 2.98. The number of fused-ring (bicyclic) bond motifs is 1. The largest absolute Gasteiger partial charge is 0.458 e. The van der Waals surface area contributed by atoms with Crippen LogP contribution in [-0.4, -0.2) is 0 Å². The van der Waals surface area contributed by atoms with Crippen LogP contribution in [0.4, 0.5) is 0 Å². The summed E-state index contributed by atoms with van der Waals surface area (Å²) < 4.78 is 6.50. The van der Waals surface area contributed by atoms with Crippen LogP contribution in [0.5, 0.6) is 0 Å². The molecule has 0 radical (unpaired) electrons. The van der Waals surface area contributed by atoms with Crippen molar-refractivity contribution < 1.29 is 4.42 Å². The molecule has 0 aliphatic carbocycles. The third kappa shape index (κ3) is 1.45. The van der Waals surface area contributed by atoms with Gasteiger partial charge < -0.3 is 10.2 Å². The van der Waals surface area contributed by atoms with Gasteiger partial charge in [-0.15, -0.1) is 0 Å². The zero-order valence-electron chi connectivity index (χ0n) is 7.60. The van der Waals surface area contributed by atoms with Crippen LogP contribution in [0, 0.1) is 6.92 Å². The van der Waals surface area contributed by atoms with Gasteiger partial charge in [0.15, 0.2) is 5.58 Å². The number of benzene rings is 1. The monoisotopic (exact) mass is 273 g/mol. The average Bonchev–Trinajstić information content (AvgIpc) is 2.44. The number of furan rings is 1. The molecule has 0 spiro atoms. The van der Waals surface area contributed by atoms with E-state index < -0.39 is 0 Å². The van der Waals surface area contributed by atoms with Crippen molar-refractivity contribution in [3.63, 3.8) is 0 Å². The minimum absolute atomic E-state index is 0.397. The molecule has 1 heterocycles. The van der Waals surface area contributed by atoms with Crippen LogP contribution in [0.25, 0.3) is 11.0 Å². The van der Waals surface area contributed by atoms with Gasteiger partial charge in [0.25, 0.3) is 0 Å². The molecule has 2 nitrogen and oxygen atoms in total. The van der Waals surface area contributed by atoms with E-state index in [1.54, 1.807) is 0 Å². The number of rotatable bonds is 1. The second-order valence-corrected chi connectivity index (χ2v) is 4.44. The van der Waals surface area contributed by atoms with Gasteiger partial charge in [0, 0.05) is 9.86 Å². The average molecular weight is 275 g/mol. The molecule has 1 aromatic heterocycles. The lowest BCUT2D eigenvalue weighted by molar-refractivity contribution is 0.548. The predicted octanol–water partition coefficient (Wildman–Crippen LogP) is 3.62. The maximum atomic E-state index is 6.04. The molecule has 1 aromatic carbocycles. The molecular formula is C10H9BrClNO. The minimum Gasteiger partial charge on any atom is -0.458 e. The lowest BCUT2D eigenvalue weighted by atomic mass is 10.1. The summed E-state index contributed by atoms with van der Waals surface area (Å²) in [4.78, 5) is 0. The molecular weight excluding hydrogens is 265 g/mol. The van der Waals surface area contributed by atoms with Gasteiger partial charge >= 0.3 is 0 Å². The molecule has 0 unspecified atom stereocenters. The zero-order valence-corrected chi connectivity index (χ0v) is 9.95. The van der Waals surface area contributed by atoms with E-state index in [2.05, 4.69) is 15.9 Å². The highest BCUT2D eigenvalue weighted by Gasteiger charge is 2.12. The molecule has 14 heavy (non-hydrogen) atoms. The van der Waals surface area contributed by atoms with E-state index in [-0.39, 0.29) is 0 Å². The van der Waals surface area contributed by atoms with Gasteiger partial charge in [0.2, 0.25) is 0 Å². The van der Waals surface area contributed by atoms with E-state index in [1.807, 2.05) is 19.1 Å². The van der Waals surface area contributed by atoms with Crippen LogP contribution in [0.3, 0.4) is 0 Å². The Bertz CT molecular complexity index is 492. The van der Waals surface area contributed by atoms with E-state index in [1.165, 1.54) is 0 Å². The van der Waals surface area contributed by atoms with Gasteiger partial charge in [-0.05, 0) is 24.6 Å². The molecule has 74 valence electrons. The van der Waals surface area contributed by atoms with Gasteiger partial charge in [-0.3, -0.25) is 0 Å². The number of nitrogens with two attached hydrogens (primary N) is 1. The molecule has 0 fully saturated rings. The fourth-order valence-electron chi connectivity index (χ4n) is 1.49. The maximum Gasteiger partial charge on any atom is 0.153 e. The molecule has 0 amide bonds. The third-order valence-electron chi connectivity index (χ3n) is 2.24. The summed E-state index contributed by atoms with van der Waals surface area (Å²) in [5.41, 5.74) is 7.33.